The molecule has 2 nitrogen and oxygen atoms in total. The van der Waals surface area contributed by atoms with Gasteiger partial charge in [0.25, 0.3) is 0 Å². The molecule has 0 spiro atoms. The van der Waals surface area contributed by atoms with E-state index >= 15 is 0 Å². The lowest BCUT2D eigenvalue weighted by atomic mass is 10.1. The van der Waals surface area contributed by atoms with E-state index < -0.39 is 0 Å². The number of benzene rings is 1. The zero-order valence-electron chi connectivity index (χ0n) is 10.4. The average Bonchev–Trinajstić information content (AvgIpc) is 2.16. The van der Waals surface area contributed by atoms with Crippen LogP contribution in [0.15, 0.2) is 28.7 Å². The van der Waals surface area contributed by atoms with Gasteiger partial charge in [-0.1, -0.05) is 28.1 Å². The first-order chi connectivity index (χ1) is 7.42. The summed E-state index contributed by atoms with van der Waals surface area (Å²) in [6.45, 7) is 7.05. The molecule has 0 aliphatic rings. The van der Waals surface area contributed by atoms with Crippen molar-refractivity contribution in [2.75, 3.05) is 13.6 Å². The van der Waals surface area contributed by atoms with Crippen LogP contribution < -0.4 is 5.32 Å². The lowest BCUT2D eigenvalue weighted by Crippen LogP contribution is -2.28. The van der Waals surface area contributed by atoms with Crippen molar-refractivity contribution in [1.29, 1.82) is 0 Å². The summed E-state index contributed by atoms with van der Waals surface area (Å²) >= 11 is 3.44. The Bertz CT molecular complexity index is 316. The first kappa shape index (κ1) is 13.7. The van der Waals surface area contributed by atoms with Gasteiger partial charge in [-0.25, -0.2) is 0 Å². The van der Waals surface area contributed by atoms with Gasteiger partial charge in [-0.2, -0.15) is 0 Å². The van der Waals surface area contributed by atoms with E-state index in [1.54, 1.807) is 0 Å². The molecule has 0 heterocycles. The van der Waals surface area contributed by atoms with E-state index in [-0.39, 0.29) is 11.7 Å². The van der Waals surface area contributed by atoms with Crippen molar-refractivity contribution in [1.82, 2.24) is 5.32 Å². The van der Waals surface area contributed by atoms with E-state index in [0.717, 1.165) is 11.0 Å². The molecule has 1 N–H and O–H groups in total. The lowest BCUT2D eigenvalue weighted by molar-refractivity contribution is -0.0599. The van der Waals surface area contributed by atoms with Crippen molar-refractivity contribution in [3.63, 3.8) is 0 Å². The quantitative estimate of drug-likeness (QED) is 0.914. The summed E-state index contributed by atoms with van der Waals surface area (Å²) in [6, 6.07) is 8.28. The molecule has 0 aromatic heterocycles. The monoisotopic (exact) mass is 285 g/mol. The number of nitrogens with one attached hydrogen (secondary N) is 1. The van der Waals surface area contributed by atoms with Crippen LogP contribution >= 0.6 is 15.9 Å². The van der Waals surface area contributed by atoms with Crippen molar-refractivity contribution >= 4 is 15.9 Å². The van der Waals surface area contributed by atoms with Gasteiger partial charge in [-0.3, -0.25) is 0 Å². The molecule has 1 atom stereocenters. The molecule has 1 aromatic rings. The Morgan fingerprint density at radius 3 is 2.25 bits per heavy atom. The molecule has 0 saturated carbocycles. The van der Waals surface area contributed by atoms with E-state index in [2.05, 4.69) is 54.2 Å². The molecule has 0 aliphatic heterocycles. The molecule has 0 bridgehead atoms. The molecular weight excluding hydrogens is 266 g/mol. The van der Waals surface area contributed by atoms with E-state index in [1.807, 2.05) is 19.2 Å². The minimum absolute atomic E-state index is 0.0955. The van der Waals surface area contributed by atoms with Crippen molar-refractivity contribution in [3.8, 4) is 0 Å². The van der Waals surface area contributed by atoms with Gasteiger partial charge in [0, 0.05) is 11.0 Å². The fourth-order valence-electron chi connectivity index (χ4n) is 1.52. The first-order valence-electron chi connectivity index (χ1n) is 5.50. The molecule has 1 rings (SSSR count). The number of likely N-dealkylation sites (N-methyl/N-ethyl adjacent to an activating group) is 1. The van der Waals surface area contributed by atoms with Gasteiger partial charge in [-0.05, 0) is 45.5 Å². The lowest BCUT2D eigenvalue weighted by Gasteiger charge is -2.28. The minimum atomic E-state index is -0.130. The Morgan fingerprint density at radius 1 is 1.25 bits per heavy atom. The molecule has 0 radical (unpaired) electrons. The molecule has 0 fully saturated rings. The number of hydrogen-bond donors (Lipinski definition) is 1. The highest BCUT2D eigenvalue weighted by Gasteiger charge is 2.19. The summed E-state index contributed by atoms with van der Waals surface area (Å²) in [7, 11) is 1.94. The minimum Gasteiger partial charge on any atom is -0.367 e. The molecular formula is C13H20BrNO. The van der Waals surface area contributed by atoms with Crippen LogP contribution in [0.2, 0.25) is 0 Å². The van der Waals surface area contributed by atoms with Gasteiger partial charge < -0.3 is 10.1 Å². The third kappa shape index (κ3) is 4.64. The van der Waals surface area contributed by atoms with Crippen LogP contribution in [-0.2, 0) is 4.74 Å². The van der Waals surface area contributed by atoms with Crippen molar-refractivity contribution in [2.24, 2.45) is 0 Å². The van der Waals surface area contributed by atoms with Gasteiger partial charge in [-0.15, -0.1) is 0 Å². The Labute approximate surface area is 107 Å². The normalized spacial score (nSPS) is 13.8. The molecule has 3 heteroatoms. The smallest absolute Gasteiger partial charge is 0.0956 e. The third-order valence-electron chi connectivity index (χ3n) is 2.13. The summed E-state index contributed by atoms with van der Waals surface area (Å²) < 4.78 is 7.12. The first-order valence-corrected chi connectivity index (χ1v) is 6.29. The van der Waals surface area contributed by atoms with Crippen LogP contribution in [0, 0.1) is 0 Å². The number of rotatable bonds is 4. The van der Waals surface area contributed by atoms with Crippen molar-refractivity contribution < 1.29 is 4.74 Å². The molecule has 90 valence electrons. The SMILES string of the molecule is CNCC(OC(C)(C)C)c1ccc(Br)cc1. The highest BCUT2D eigenvalue weighted by atomic mass is 79.9. The molecule has 0 aliphatic carbocycles. The van der Waals surface area contributed by atoms with Gasteiger partial charge in [0.15, 0.2) is 0 Å². The maximum atomic E-state index is 6.03. The maximum absolute atomic E-state index is 6.03. The largest absolute Gasteiger partial charge is 0.367 e. The van der Waals surface area contributed by atoms with Crippen molar-refractivity contribution in [3.05, 3.63) is 34.3 Å². The Balaban J connectivity index is 2.80. The van der Waals surface area contributed by atoms with E-state index in [1.165, 1.54) is 5.56 Å². The number of ether oxygens (including phenoxy) is 1. The summed E-state index contributed by atoms with van der Waals surface area (Å²) in [5.41, 5.74) is 1.07. The Kier molecular flexibility index (Phi) is 4.96. The van der Waals surface area contributed by atoms with E-state index in [9.17, 15) is 0 Å². The molecule has 0 amide bonds. The number of halogens is 1. The fraction of sp³-hybridized carbons (Fsp3) is 0.538. The van der Waals surface area contributed by atoms with Crippen LogP contribution in [0.4, 0.5) is 0 Å². The predicted octanol–water partition coefficient (Wildman–Crippen LogP) is 3.52. The van der Waals surface area contributed by atoms with Crippen LogP contribution in [0.5, 0.6) is 0 Å². The van der Waals surface area contributed by atoms with Gasteiger partial charge in [0.1, 0.15) is 0 Å². The van der Waals surface area contributed by atoms with E-state index in [4.69, 9.17) is 4.74 Å². The van der Waals surface area contributed by atoms with Crippen LogP contribution in [0.1, 0.15) is 32.4 Å². The van der Waals surface area contributed by atoms with Gasteiger partial charge >= 0.3 is 0 Å². The summed E-state index contributed by atoms with van der Waals surface area (Å²) in [5.74, 6) is 0. The standard InChI is InChI=1S/C13H20BrNO/c1-13(2,3)16-12(9-15-4)10-5-7-11(14)8-6-10/h5-8,12,15H,9H2,1-4H3. The van der Waals surface area contributed by atoms with E-state index in [0.29, 0.717) is 0 Å². The molecule has 1 aromatic carbocycles. The number of hydrogen-bond acceptors (Lipinski definition) is 2. The van der Waals surface area contributed by atoms with Gasteiger partial charge in [0.05, 0.1) is 11.7 Å². The molecule has 1 unspecified atom stereocenters. The maximum Gasteiger partial charge on any atom is 0.0956 e. The second-order valence-corrected chi connectivity index (χ2v) is 5.74. The van der Waals surface area contributed by atoms with Gasteiger partial charge in [0.2, 0.25) is 0 Å². The summed E-state index contributed by atoms with van der Waals surface area (Å²) in [5, 5.41) is 3.17. The van der Waals surface area contributed by atoms with Crippen LogP contribution in [0.25, 0.3) is 0 Å². The zero-order chi connectivity index (χ0) is 12.2. The molecule has 0 saturated heterocycles. The second kappa shape index (κ2) is 5.80. The zero-order valence-corrected chi connectivity index (χ0v) is 12.0. The summed E-state index contributed by atoms with van der Waals surface area (Å²) in [6.07, 6.45) is 0.0955. The van der Waals surface area contributed by atoms with Crippen LogP contribution in [0.3, 0.4) is 0 Å². The second-order valence-electron chi connectivity index (χ2n) is 4.83. The molecule has 16 heavy (non-hydrogen) atoms. The third-order valence-corrected chi connectivity index (χ3v) is 2.66. The van der Waals surface area contributed by atoms with Crippen LogP contribution in [-0.4, -0.2) is 19.2 Å². The Morgan fingerprint density at radius 2 is 1.81 bits per heavy atom. The van der Waals surface area contributed by atoms with Crippen molar-refractivity contribution in [2.45, 2.75) is 32.5 Å². The average molecular weight is 286 g/mol. The Hall–Kier alpha value is -0.380. The predicted molar refractivity (Wildman–Crippen MR) is 71.6 cm³/mol. The summed E-state index contributed by atoms with van der Waals surface area (Å²) in [4.78, 5) is 0. The highest BCUT2D eigenvalue weighted by Crippen LogP contribution is 2.24. The fourth-order valence-corrected chi connectivity index (χ4v) is 1.78. The topological polar surface area (TPSA) is 21.3 Å². The highest BCUT2D eigenvalue weighted by molar-refractivity contribution is 9.10.